The fraction of sp³-hybridized carbons (Fsp3) is 0.571. The Kier molecular flexibility index (Phi) is 3.88. The number of benzene rings is 1. The van der Waals surface area contributed by atoms with E-state index in [1.807, 2.05) is 12.1 Å². The summed E-state index contributed by atoms with van der Waals surface area (Å²) in [7, 11) is 0. The lowest BCUT2D eigenvalue weighted by atomic mass is 9.96. The molecule has 1 aromatic carbocycles. The summed E-state index contributed by atoms with van der Waals surface area (Å²) in [6, 6.07) is 8.67. The van der Waals surface area contributed by atoms with Crippen LogP contribution in [-0.4, -0.2) is 6.54 Å². The number of nitrogens with one attached hydrogen (secondary N) is 1. The maximum atomic E-state index is 5.91. The van der Waals surface area contributed by atoms with E-state index in [1.54, 1.807) is 0 Å². The maximum absolute atomic E-state index is 5.91. The van der Waals surface area contributed by atoms with Gasteiger partial charge in [0.25, 0.3) is 0 Å². The van der Waals surface area contributed by atoms with Gasteiger partial charge in [-0.2, -0.15) is 0 Å². The van der Waals surface area contributed by atoms with E-state index in [9.17, 15) is 0 Å². The highest BCUT2D eigenvalue weighted by molar-refractivity contribution is 6.30. The third kappa shape index (κ3) is 3.23. The minimum atomic E-state index is 0.456. The molecule has 1 aromatic rings. The normalized spacial score (nSPS) is 17.8. The summed E-state index contributed by atoms with van der Waals surface area (Å²) in [5, 5.41) is 4.49. The standard InChI is InChI=1S/C14H20ClN/c1-10(2)14(16-9-11-3-4-11)12-5-7-13(15)8-6-12/h5-8,10-11,14,16H,3-4,9H2,1-2H3. The van der Waals surface area contributed by atoms with E-state index in [1.165, 1.54) is 18.4 Å². The molecule has 1 N–H and O–H groups in total. The van der Waals surface area contributed by atoms with Crippen LogP contribution >= 0.6 is 11.6 Å². The Morgan fingerprint density at radius 1 is 1.25 bits per heavy atom. The first-order valence-electron chi connectivity index (χ1n) is 6.15. The summed E-state index contributed by atoms with van der Waals surface area (Å²) in [6.07, 6.45) is 2.80. The Balaban J connectivity index is 2.01. The average Bonchev–Trinajstić information content (AvgIpc) is 3.04. The molecule has 0 spiro atoms. The summed E-state index contributed by atoms with van der Waals surface area (Å²) < 4.78 is 0. The highest BCUT2D eigenvalue weighted by Gasteiger charge is 2.23. The van der Waals surface area contributed by atoms with Crippen LogP contribution in [-0.2, 0) is 0 Å². The van der Waals surface area contributed by atoms with Gasteiger partial charge in [-0.1, -0.05) is 37.6 Å². The van der Waals surface area contributed by atoms with Gasteiger partial charge < -0.3 is 5.32 Å². The first-order valence-corrected chi connectivity index (χ1v) is 6.53. The quantitative estimate of drug-likeness (QED) is 0.815. The Bertz CT molecular complexity index is 327. The molecule has 1 atom stereocenters. The number of hydrogen-bond donors (Lipinski definition) is 1. The number of hydrogen-bond acceptors (Lipinski definition) is 1. The van der Waals surface area contributed by atoms with Gasteiger partial charge in [0.1, 0.15) is 0 Å². The average molecular weight is 238 g/mol. The third-order valence-corrected chi connectivity index (χ3v) is 3.47. The molecule has 0 radical (unpaired) electrons. The Morgan fingerprint density at radius 3 is 2.38 bits per heavy atom. The lowest BCUT2D eigenvalue weighted by molar-refractivity contribution is 0.405. The third-order valence-electron chi connectivity index (χ3n) is 3.22. The molecule has 0 amide bonds. The van der Waals surface area contributed by atoms with Gasteiger partial charge in [0.15, 0.2) is 0 Å². The van der Waals surface area contributed by atoms with Crippen LogP contribution in [0.5, 0.6) is 0 Å². The molecular formula is C14H20ClN. The van der Waals surface area contributed by atoms with Gasteiger partial charge in [0.05, 0.1) is 0 Å². The van der Waals surface area contributed by atoms with Crippen LogP contribution in [0.25, 0.3) is 0 Å². The predicted molar refractivity (Wildman–Crippen MR) is 69.8 cm³/mol. The van der Waals surface area contributed by atoms with Crippen molar-refractivity contribution in [2.45, 2.75) is 32.7 Å². The van der Waals surface area contributed by atoms with E-state index in [0.717, 1.165) is 17.5 Å². The fourth-order valence-electron chi connectivity index (χ4n) is 2.02. The highest BCUT2D eigenvalue weighted by Crippen LogP contribution is 2.30. The first-order chi connectivity index (χ1) is 7.66. The van der Waals surface area contributed by atoms with E-state index in [0.29, 0.717) is 12.0 Å². The van der Waals surface area contributed by atoms with Crippen LogP contribution in [0.2, 0.25) is 5.02 Å². The molecule has 1 unspecified atom stereocenters. The van der Waals surface area contributed by atoms with E-state index in [2.05, 4.69) is 31.3 Å². The maximum Gasteiger partial charge on any atom is 0.0406 e. The summed E-state index contributed by atoms with van der Waals surface area (Å²) in [6.45, 7) is 5.68. The molecule has 88 valence electrons. The molecule has 1 aliphatic rings. The first kappa shape index (κ1) is 11.9. The largest absolute Gasteiger partial charge is 0.309 e. The lowest BCUT2D eigenvalue weighted by Crippen LogP contribution is -2.27. The van der Waals surface area contributed by atoms with E-state index < -0.39 is 0 Å². The van der Waals surface area contributed by atoms with Gasteiger partial charge in [-0.15, -0.1) is 0 Å². The van der Waals surface area contributed by atoms with Gasteiger partial charge in [-0.25, -0.2) is 0 Å². The fourth-order valence-corrected chi connectivity index (χ4v) is 2.15. The summed E-state index contributed by atoms with van der Waals surface area (Å²) in [5.74, 6) is 1.54. The topological polar surface area (TPSA) is 12.0 Å². The molecule has 1 saturated carbocycles. The monoisotopic (exact) mass is 237 g/mol. The Hall–Kier alpha value is -0.530. The van der Waals surface area contributed by atoms with Crippen molar-refractivity contribution >= 4 is 11.6 Å². The van der Waals surface area contributed by atoms with Crippen LogP contribution in [0.3, 0.4) is 0 Å². The van der Waals surface area contributed by atoms with Gasteiger partial charge in [-0.3, -0.25) is 0 Å². The zero-order chi connectivity index (χ0) is 11.5. The number of rotatable bonds is 5. The van der Waals surface area contributed by atoms with Crippen molar-refractivity contribution in [2.24, 2.45) is 11.8 Å². The summed E-state index contributed by atoms with van der Waals surface area (Å²) >= 11 is 5.91. The molecule has 2 heteroatoms. The smallest absolute Gasteiger partial charge is 0.0406 e. The van der Waals surface area contributed by atoms with E-state index >= 15 is 0 Å². The SMILES string of the molecule is CC(C)C(NCC1CC1)c1ccc(Cl)cc1. The van der Waals surface area contributed by atoms with Crippen LogP contribution in [0.4, 0.5) is 0 Å². The van der Waals surface area contributed by atoms with Gasteiger partial charge in [-0.05, 0) is 48.9 Å². The molecular weight excluding hydrogens is 218 g/mol. The van der Waals surface area contributed by atoms with Crippen molar-refractivity contribution in [3.05, 3.63) is 34.9 Å². The van der Waals surface area contributed by atoms with Gasteiger partial charge in [0, 0.05) is 11.1 Å². The van der Waals surface area contributed by atoms with Crippen molar-refractivity contribution in [3.63, 3.8) is 0 Å². The summed E-state index contributed by atoms with van der Waals surface area (Å²) in [4.78, 5) is 0. The summed E-state index contributed by atoms with van der Waals surface area (Å²) in [5.41, 5.74) is 1.35. The second kappa shape index (κ2) is 5.20. The van der Waals surface area contributed by atoms with Crippen LogP contribution < -0.4 is 5.32 Å². The molecule has 0 aromatic heterocycles. The van der Waals surface area contributed by atoms with Crippen molar-refractivity contribution < 1.29 is 0 Å². The highest BCUT2D eigenvalue weighted by atomic mass is 35.5. The van der Waals surface area contributed by atoms with Crippen molar-refractivity contribution in [2.75, 3.05) is 6.54 Å². The minimum absolute atomic E-state index is 0.456. The van der Waals surface area contributed by atoms with Crippen molar-refractivity contribution in [3.8, 4) is 0 Å². The Morgan fingerprint density at radius 2 is 1.88 bits per heavy atom. The molecule has 16 heavy (non-hydrogen) atoms. The Labute approximate surface area is 103 Å². The second-order valence-electron chi connectivity index (χ2n) is 5.12. The van der Waals surface area contributed by atoms with Crippen LogP contribution in [0.15, 0.2) is 24.3 Å². The number of halogens is 1. The lowest BCUT2D eigenvalue weighted by Gasteiger charge is -2.23. The van der Waals surface area contributed by atoms with Crippen molar-refractivity contribution in [1.82, 2.24) is 5.32 Å². The molecule has 2 rings (SSSR count). The van der Waals surface area contributed by atoms with Gasteiger partial charge in [0.2, 0.25) is 0 Å². The predicted octanol–water partition coefficient (Wildman–Crippen LogP) is 4.04. The zero-order valence-corrected chi connectivity index (χ0v) is 10.8. The molecule has 0 heterocycles. The molecule has 0 bridgehead atoms. The van der Waals surface area contributed by atoms with Crippen molar-refractivity contribution in [1.29, 1.82) is 0 Å². The van der Waals surface area contributed by atoms with E-state index in [4.69, 9.17) is 11.6 Å². The molecule has 1 fully saturated rings. The molecule has 0 aliphatic heterocycles. The second-order valence-corrected chi connectivity index (χ2v) is 5.56. The van der Waals surface area contributed by atoms with Gasteiger partial charge >= 0.3 is 0 Å². The minimum Gasteiger partial charge on any atom is -0.309 e. The van der Waals surface area contributed by atoms with E-state index in [-0.39, 0.29) is 0 Å². The van der Waals surface area contributed by atoms with Crippen LogP contribution in [0.1, 0.15) is 38.3 Å². The van der Waals surface area contributed by atoms with Crippen LogP contribution in [0, 0.1) is 11.8 Å². The zero-order valence-electron chi connectivity index (χ0n) is 10.0. The molecule has 1 nitrogen and oxygen atoms in total. The molecule has 1 aliphatic carbocycles. The molecule has 0 saturated heterocycles.